The SMILES string of the molecule is CCCCC1(CCCC)CS(=O)(=O)c2ccc(N(C)C)cc2[C@H](c2ccc(CCc3ccc(C[N+]45CCN(CC4)CC5)cc3)cc2)[C@@H]1O.[Cl-]. The third kappa shape index (κ3) is 8.23. The topological polar surface area (TPSA) is 60.9 Å². The number of benzene rings is 3. The minimum Gasteiger partial charge on any atom is -1.00 e. The Labute approximate surface area is 302 Å². The third-order valence-electron chi connectivity index (χ3n) is 11.9. The van der Waals surface area contributed by atoms with Gasteiger partial charge in [-0.15, -0.1) is 0 Å². The van der Waals surface area contributed by atoms with Gasteiger partial charge in [0.15, 0.2) is 9.84 Å². The van der Waals surface area contributed by atoms with Gasteiger partial charge in [-0.2, -0.15) is 0 Å². The first-order chi connectivity index (χ1) is 23.1. The number of fused-ring (bicyclic) bond motifs is 4. The first kappa shape index (κ1) is 37.8. The lowest BCUT2D eigenvalue weighted by atomic mass is 9.68. The van der Waals surface area contributed by atoms with E-state index >= 15 is 0 Å². The highest BCUT2D eigenvalue weighted by Gasteiger charge is 2.49. The normalized spacial score (nSPS) is 25.2. The summed E-state index contributed by atoms with van der Waals surface area (Å²) in [5.41, 5.74) is 6.05. The van der Waals surface area contributed by atoms with Gasteiger partial charge >= 0.3 is 0 Å². The molecule has 4 heterocycles. The number of halogens is 1. The Balaban J connectivity index is 0.00000468. The second kappa shape index (κ2) is 15.9. The molecule has 8 heteroatoms. The van der Waals surface area contributed by atoms with Gasteiger partial charge in [0.2, 0.25) is 0 Å². The summed E-state index contributed by atoms with van der Waals surface area (Å²) < 4.78 is 29.5. The van der Waals surface area contributed by atoms with Crippen LogP contribution in [0.3, 0.4) is 0 Å². The Bertz CT molecular complexity index is 1610. The summed E-state index contributed by atoms with van der Waals surface area (Å²) in [6.45, 7) is 13.0. The number of aryl methyl sites for hydroxylation is 2. The average Bonchev–Trinajstić information content (AvgIpc) is 3.17. The Morgan fingerprint density at radius 1 is 0.816 bits per heavy atom. The third-order valence-corrected chi connectivity index (χ3v) is 13.9. The van der Waals surface area contributed by atoms with Gasteiger partial charge in [-0.1, -0.05) is 88.1 Å². The van der Waals surface area contributed by atoms with E-state index in [0.29, 0.717) is 17.7 Å². The number of unbranched alkanes of at least 4 members (excludes halogenated alkanes) is 2. The first-order valence-electron chi connectivity index (χ1n) is 18.5. The van der Waals surface area contributed by atoms with Crippen molar-refractivity contribution in [2.75, 3.05) is 64.0 Å². The molecule has 0 amide bonds. The van der Waals surface area contributed by atoms with Gasteiger partial charge in [0.1, 0.15) is 6.54 Å². The summed E-state index contributed by atoms with van der Waals surface area (Å²) >= 11 is 0. The van der Waals surface area contributed by atoms with E-state index < -0.39 is 27.3 Å². The lowest BCUT2D eigenvalue weighted by Gasteiger charge is -2.50. The lowest BCUT2D eigenvalue weighted by Crippen LogP contribution is -3.00. The molecule has 2 bridgehead atoms. The zero-order chi connectivity index (χ0) is 33.9. The summed E-state index contributed by atoms with van der Waals surface area (Å²) in [7, 11) is 0.348. The molecule has 4 aliphatic heterocycles. The number of quaternary nitrogens is 1. The maximum atomic E-state index is 14.1. The van der Waals surface area contributed by atoms with Crippen LogP contribution in [-0.4, -0.2) is 88.1 Å². The minimum absolute atomic E-state index is 0. The summed E-state index contributed by atoms with van der Waals surface area (Å²) in [6.07, 6.45) is 6.29. The molecule has 0 unspecified atom stereocenters. The number of aliphatic hydroxyl groups excluding tert-OH is 1. The Kier molecular flexibility index (Phi) is 12.2. The molecule has 0 saturated carbocycles. The summed E-state index contributed by atoms with van der Waals surface area (Å²) in [5, 5.41) is 12.5. The molecule has 7 rings (SSSR count). The Morgan fingerprint density at radius 2 is 1.35 bits per heavy atom. The number of aliphatic hydroxyl groups is 1. The molecule has 3 aromatic carbocycles. The molecule has 3 fully saturated rings. The summed E-state index contributed by atoms with van der Waals surface area (Å²) in [5.74, 6) is -0.414. The van der Waals surface area contributed by atoms with Gasteiger partial charge in [-0.05, 0) is 66.1 Å². The highest BCUT2D eigenvalue weighted by molar-refractivity contribution is 7.91. The van der Waals surface area contributed by atoms with E-state index in [4.69, 9.17) is 0 Å². The van der Waals surface area contributed by atoms with Crippen LogP contribution in [0.25, 0.3) is 0 Å². The van der Waals surface area contributed by atoms with Crippen molar-refractivity contribution in [2.45, 2.75) is 88.7 Å². The molecule has 49 heavy (non-hydrogen) atoms. The predicted molar refractivity (Wildman–Crippen MR) is 197 cm³/mol. The number of sulfone groups is 1. The van der Waals surface area contributed by atoms with Crippen LogP contribution in [-0.2, 0) is 29.2 Å². The van der Waals surface area contributed by atoms with Crippen molar-refractivity contribution in [1.29, 1.82) is 0 Å². The van der Waals surface area contributed by atoms with Crippen molar-refractivity contribution < 1.29 is 30.4 Å². The molecule has 3 saturated heterocycles. The molecule has 6 nitrogen and oxygen atoms in total. The van der Waals surface area contributed by atoms with Crippen LogP contribution in [0.5, 0.6) is 0 Å². The molecule has 4 aliphatic rings. The second-order valence-electron chi connectivity index (χ2n) is 15.4. The van der Waals surface area contributed by atoms with Crippen molar-refractivity contribution in [3.8, 4) is 0 Å². The summed E-state index contributed by atoms with van der Waals surface area (Å²) in [4.78, 5) is 4.99. The molecule has 3 aromatic rings. The van der Waals surface area contributed by atoms with Crippen LogP contribution >= 0.6 is 0 Å². The first-order valence-corrected chi connectivity index (χ1v) is 20.2. The maximum Gasteiger partial charge on any atom is 0.179 e. The molecular formula is C41H58ClN3O3S. The standard InChI is InChI=1S/C41H58N3O3S.ClH/c1-5-7-21-41(22-8-6-2)31-48(46,47)38-20-19-36(42(3)4)29-37(38)39(40(41)45)35-17-15-33(16-18-35)10-9-32-11-13-34(14-12-32)30-44-26-23-43(24-27-44)25-28-44;/h11-20,29,39-40,45H,5-10,21-28,30-31H2,1-4H3;1H/q+1;/p-1/t39-,40-;/m0./s1. The van der Waals surface area contributed by atoms with Gasteiger partial charge in [-0.25, -0.2) is 8.42 Å². The largest absolute Gasteiger partial charge is 1.00 e. The van der Waals surface area contributed by atoms with Crippen LogP contribution in [0.1, 0.15) is 86.1 Å². The second-order valence-corrected chi connectivity index (χ2v) is 17.4. The number of piperazine rings is 3. The molecule has 0 radical (unpaired) electrons. The smallest absolute Gasteiger partial charge is 0.179 e. The highest BCUT2D eigenvalue weighted by atomic mass is 35.5. The van der Waals surface area contributed by atoms with Crippen LogP contribution < -0.4 is 17.3 Å². The lowest BCUT2D eigenvalue weighted by molar-refractivity contribution is -0.953. The van der Waals surface area contributed by atoms with Crippen molar-refractivity contribution in [3.63, 3.8) is 0 Å². The van der Waals surface area contributed by atoms with Gasteiger partial charge in [0.05, 0.1) is 36.4 Å². The van der Waals surface area contributed by atoms with Crippen molar-refractivity contribution >= 4 is 15.5 Å². The number of nitrogens with zero attached hydrogens (tertiary/aromatic N) is 3. The molecule has 0 aliphatic carbocycles. The number of anilines is 1. The van der Waals surface area contributed by atoms with Crippen molar-refractivity contribution in [3.05, 3.63) is 94.5 Å². The van der Waals surface area contributed by atoms with Gasteiger partial charge < -0.3 is 26.9 Å². The van der Waals surface area contributed by atoms with E-state index in [1.165, 1.54) is 60.4 Å². The Morgan fingerprint density at radius 3 is 1.88 bits per heavy atom. The van der Waals surface area contributed by atoms with Gasteiger partial charge in [0, 0.05) is 56.3 Å². The van der Waals surface area contributed by atoms with Crippen LogP contribution in [0.4, 0.5) is 5.69 Å². The molecule has 0 aromatic heterocycles. The van der Waals surface area contributed by atoms with E-state index in [2.05, 4.69) is 67.3 Å². The average molecular weight is 708 g/mol. The van der Waals surface area contributed by atoms with E-state index in [9.17, 15) is 13.5 Å². The number of rotatable bonds is 13. The van der Waals surface area contributed by atoms with Crippen molar-refractivity contribution in [1.82, 2.24) is 4.90 Å². The fourth-order valence-corrected chi connectivity index (χ4v) is 10.9. The van der Waals surface area contributed by atoms with E-state index in [-0.39, 0.29) is 18.2 Å². The van der Waals surface area contributed by atoms with Crippen LogP contribution in [0.2, 0.25) is 0 Å². The molecule has 2 atom stereocenters. The van der Waals surface area contributed by atoms with E-state index in [1.807, 2.05) is 31.1 Å². The fraction of sp³-hybridized carbons (Fsp3) is 0.561. The fourth-order valence-electron chi connectivity index (χ4n) is 8.74. The van der Waals surface area contributed by atoms with Crippen molar-refractivity contribution in [2.24, 2.45) is 5.41 Å². The predicted octanol–water partition coefficient (Wildman–Crippen LogP) is 3.83. The number of hydrogen-bond acceptors (Lipinski definition) is 5. The minimum atomic E-state index is -3.61. The quantitative estimate of drug-likeness (QED) is 0.274. The van der Waals surface area contributed by atoms with Crippen LogP contribution in [0, 0.1) is 5.41 Å². The zero-order valence-electron chi connectivity index (χ0n) is 30.2. The summed E-state index contributed by atoms with van der Waals surface area (Å²) in [6, 6.07) is 23.7. The number of hydrogen-bond donors (Lipinski definition) is 1. The maximum absolute atomic E-state index is 14.1. The van der Waals surface area contributed by atoms with E-state index in [0.717, 1.165) is 61.9 Å². The van der Waals surface area contributed by atoms with E-state index in [1.54, 1.807) is 6.07 Å². The monoisotopic (exact) mass is 707 g/mol. The molecule has 268 valence electrons. The zero-order valence-corrected chi connectivity index (χ0v) is 31.8. The van der Waals surface area contributed by atoms with Gasteiger partial charge in [0.25, 0.3) is 0 Å². The van der Waals surface area contributed by atoms with Crippen LogP contribution in [0.15, 0.2) is 71.6 Å². The molecular weight excluding hydrogens is 650 g/mol. The highest BCUT2D eigenvalue weighted by Crippen LogP contribution is 2.50. The molecule has 1 N–H and O–H groups in total. The van der Waals surface area contributed by atoms with Gasteiger partial charge in [-0.3, -0.25) is 4.90 Å². The molecule has 0 spiro atoms. The Hall–Kier alpha value is -2.42.